The van der Waals surface area contributed by atoms with Crippen molar-refractivity contribution in [1.82, 2.24) is 0 Å². The van der Waals surface area contributed by atoms with Crippen LogP contribution in [0.1, 0.15) is 23.1 Å². The molecule has 1 aromatic carbocycles. The molecule has 0 aromatic heterocycles. The standard InChI is InChI=1S/C11H13ClO/c1-8-5-6-11(12)9(2)10(8)4-3-7-13/h5-7H,3-4H2,1-2H3. The Morgan fingerprint density at radius 3 is 2.69 bits per heavy atom. The number of halogens is 1. The van der Waals surface area contributed by atoms with Gasteiger partial charge >= 0.3 is 0 Å². The molecule has 0 unspecified atom stereocenters. The smallest absolute Gasteiger partial charge is 0.120 e. The number of hydrogen-bond donors (Lipinski definition) is 0. The predicted molar refractivity (Wildman–Crippen MR) is 55.3 cm³/mol. The van der Waals surface area contributed by atoms with E-state index in [-0.39, 0.29) is 0 Å². The van der Waals surface area contributed by atoms with E-state index in [2.05, 4.69) is 0 Å². The largest absolute Gasteiger partial charge is 0.303 e. The molecule has 0 saturated heterocycles. The van der Waals surface area contributed by atoms with Crippen molar-refractivity contribution in [1.29, 1.82) is 0 Å². The minimum absolute atomic E-state index is 0.571. The van der Waals surface area contributed by atoms with Crippen LogP contribution in [-0.2, 0) is 11.2 Å². The number of carbonyl (C=O) groups excluding carboxylic acids is 1. The normalized spacial score (nSPS) is 10.1. The van der Waals surface area contributed by atoms with Gasteiger partial charge in [-0.05, 0) is 43.0 Å². The molecule has 0 N–H and O–H groups in total. The third-order valence-electron chi connectivity index (χ3n) is 2.28. The third-order valence-corrected chi connectivity index (χ3v) is 2.69. The lowest BCUT2D eigenvalue weighted by Gasteiger charge is -2.09. The average Bonchev–Trinajstić information content (AvgIpc) is 2.12. The first-order valence-electron chi connectivity index (χ1n) is 4.35. The summed E-state index contributed by atoms with van der Waals surface area (Å²) < 4.78 is 0. The summed E-state index contributed by atoms with van der Waals surface area (Å²) in [6, 6.07) is 3.89. The zero-order chi connectivity index (χ0) is 9.84. The van der Waals surface area contributed by atoms with Crippen molar-refractivity contribution in [3.05, 3.63) is 33.8 Å². The first-order chi connectivity index (χ1) is 6.16. The van der Waals surface area contributed by atoms with Crippen molar-refractivity contribution in [3.63, 3.8) is 0 Å². The van der Waals surface area contributed by atoms with Gasteiger partial charge in [-0.3, -0.25) is 0 Å². The van der Waals surface area contributed by atoms with E-state index < -0.39 is 0 Å². The molecule has 0 atom stereocenters. The molecule has 0 radical (unpaired) electrons. The molecule has 1 aromatic rings. The van der Waals surface area contributed by atoms with E-state index >= 15 is 0 Å². The topological polar surface area (TPSA) is 17.1 Å². The lowest BCUT2D eigenvalue weighted by Crippen LogP contribution is -1.95. The second-order valence-electron chi connectivity index (χ2n) is 3.17. The van der Waals surface area contributed by atoms with E-state index in [1.165, 1.54) is 11.1 Å². The summed E-state index contributed by atoms with van der Waals surface area (Å²) in [6.07, 6.45) is 2.31. The zero-order valence-corrected chi connectivity index (χ0v) is 8.69. The van der Waals surface area contributed by atoms with E-state index in [0.29, 0.717) is 6.42 Å². The second-order valence-corrected chi connectivity index (χ2v) is 3.58. The average molecular weight is 197 g/mol. The molecule has 0 amide bonds. The first kappa shape index (κ1) is 10.3. The lowest BCUT2D eigenvalue weighted by molar-refractivity contribution is -0.107. The van der Waals surface area contributed by atoms with Gasteiger partial charge in [0.15, 0.2) is 0 Å². The molecule has 0 spiro atoms. The Bertz CT molecular complexity index is 318. The van der Waals surface area contributed by atoms with Gasteiger partial charge in [0.1, 0.15) is 6.29 Å². The number of rotatable bonds is 3. The summed E-state index contributed by atoms with van der Waals surface area (Å²) in [5.41, 5.74) is 3.52. The highest BCUT2D eigenvalue weighted by molar-refractivity contribution is 6.31. The molecule has 0 aliphatic rings. The Labute approximate surface area is 83.7 Å². The van der Waals surface area contributed by atoms with Gasteiger partial charge in [-0.1, -0.05) is 17.7 Å². The third kappa shape index (κ3) is 2.31. The SMILES string of the molecule is Cc1ccc(Cl)c(C)c1CCC=O. The highest BCUT2D eigenvalue weighted by Crippen LogP contribution is 2.23. The van der Waals surface area contributed by atoms with Gasteiger partial charge in [0.2, 0.25) is 0 Å². The fourth-order valence-electron chi connectivity index (χ4n) is 1.45. The molecule has 0 saturated carbocycles. The number of carbonyl (C=O) groups is 1. The Kier molecular flexibility index (Phi) is 3.49. The summed E-state index contributed by atoms with van der Waals surface area (Å²) in [7, 11) is 0. The maximum Gasteiger partial charge on any atom is 0.120 e. The maximum atomic E-state index is 10.3. The maximum absolute atomic E-state index is 10.3. The van der Waals surface area contributed by atoms with Crippen LogP contribution in [-0.4, -0.2) is 6.29 Å². The molecule has 0 aliphatic heterocycles. The van der Waals surface area contributed by atoms with Crippen LogP contribution in [0.4, 0.5) is 0 Å². The van der Waals surface area contributed by atoms with Gasteiger partial charge in [0.25, 0.3) is 0 Å². The van der Waals surface area contributed by atoms with Gasteiger partial charge < -0.3 is 4.79 Å². The minimum Gasteiger partial charge on any atom is -0.303 e. The van der Waals surface area contributed by atoms with Crippen molar-refractivity contribution in [3.8, 4) is 0 Å². The predicted octanol–water partition coefficient (Wildman–Crippen LogP) is 3.09. The van der Waals surface area contributed by atoms with Crippen LogP contribution < -0.4 is 0 Å². The zero-order valence-electron chi connectivity index (χ0n) is 7.93. The molecule has 13 heavy (non-hydrogen) atoms. The highest BCUT2D eigenvalue weighted by atomic mass is 35.5. The van der Waals surface area contributed by atoms with Crippen molar-refractivity contribution in [2.24, 2.45) is 0 Å². The van der Waals surface area contributed by atoms with Crippen LogP contribution >= 0.6 is 11.6 Å². The van der Waals surface area contributed by atoms with Crippen molar-refractivity contribution in [2.45, 2.75) is 26.7 Å². The van der Waals surface area contributed by atoms with Crippen LogP contribution in [0.5, 0.6) is 0 Å². The van der Waals surface area contributed by atoms with Crippen molar-refractivity contribution < 1.29 is 4.79 Å². The number of aldehydes is 1. The van der Waals surface area contributed by atoms with E-state index in [4.69, 9.17) is 11.6 Å². The van der Waals surface area contributed by atoms with Gasteiger partial charge in [0.05, 0.1) is 0 Å². The molecule has 1 nitrogen and oxygen atoms in total. The van der Waals surface area contributed by atoms with Gasteiger partial charge in [-0.2, -0.15) is 0 Å². The highest BCUT2D eigenvalue weighted by Gasteiger charge is 2.04. The quantitative estimate of drug-likeness (QED) is 0.679. The van der Waals surface area contributed by atoms with Crippen LogP contribution in [0.25, 0.3) is 0 Å². The molecule has 0 heterocycles. The van der Waals surface area contributed by atoms with E-state index in [1.807, 2.05) is 26.0 Å². The van der Waals surface area contributed by atoms with E-state index in [0.717, 1.165) is 23.3 Å². The fourth-order valence-corrected chi connectivity index (χ4v) is 1.63. The van der Waals surface area contributed by atoms with Crippen molar-refractivity contribution in [2.75, 3.05) is 0 Å². The Hall–Kier alpha value is -0.820. The number of hydrogen-bond acceptors (Lipinski definition) is 1. The first-order valence-corrected chi connectivity index (χ1v) is 4.73. The van der Waals surface area contributed by atoms with Gasteiger partial charge in [0, 0.05) is 11.4 Å². The molecule has 0 aliphatic carbocycles. The summed E-state index contributed by atoms with van der Waals surface area (Å²) in [5.74, 6) is 0. The summed E-state index contributed by atoms with van der Waals surface area (Å²) >= 11 is 5.98. The van der Waals surface area contributed by atoms with Crippen LogP contribution in [0.3, 0.4) is 0 Å². The van der Waals surface area contributed by atoms with Gasteiger partial charge in [-0.15, -0.1) is 0 Å². The summed E-state index contributed by atoms with van der Waals surface area (Å²) in [6.45, 7) is 4.04. The molecule has 0 fully saturated rings. The Morgan fingerprint density at radius 1 is 1.38 bits per heavy atom. The second kappa shape index (κ2) is 4.43. The molecule has 2 heteroatoms. The van der Waals surface area contributed by atoms with E-state index in [1.54, 1.807) is 0 Å². The Morgan fingerprint density at radius 2 is 2.08 bits per heavy atom. The van der Waals surface area contributed by atoms with Crippen LogP contribution in [0.15, 0.2) is 12.1 Å². The molecule has 1 rings (SSSR count). The van der Waals surface area contributed by atoms with Crippen molar-refractivity contribution >= 4 is 17.9 Å². The van der Waals surface area contributed by atoms with Crippen LogP contribution in [0.2, 0.25) is 5.02 Å². The fraction of sp³-hybridized carbons (Fsp3) is 0.364. The molecule has 0 bridgehead atoms. The van der Waals surface area contributed by atoms with Crippen LogP contribution in [0, 0.1) is 13.8 Å². The minimum atomic E-state index is 0.571. The molecular formula is C11H13ClO. The monoisotopic (exact) mass is 196 g/mol. The summed E-state index contributed by atoms with van der Waals surface area (Å²) in [5, 5.41) is 0.784. The van der Waals surface area contributed by atoms with E-state index in [9.17, 15) is 4.79 Å². The number of aryl methyl sites for hydroxylation is 1. The summed E-state index contributed by atoms with van der Waals surface area (Å²) in [4.78, 5) is 10.3. The van der Waals surface area contributed by atoms with Gasteiger partial charge in [-0.25, -0.2) is 0 Å². The lowest BCUT2D eigenvalue weighted by atomic mass is 9.99. The molecular weight excluding hydrogens is 184 g/mol. The number of benzene rings is 1. The molecule has 70 valence electrons. The Balaban J connectivity index is 3.02.